The minimum absolute atomic E-state index is 0.0910. The zero-order chi connectivity index (χ0) is 18.0. The first-order chi connectivity index (χ1) is 11.9. The number of anilines is 2. The third-order valence-corrected chi connectivity index (χ3v) is 6.15. The lowest BCUT2D eigenvalue weighted by Crippen LogP contribution is -2.33. The van der Waals surface area contributed by atoms with Gasteiger partial charge in [0.25, 0.3) is 5.91 Å². The number of hydrogen-bond donors (Lipinski definition) is 1. The maximum Gasteiger partial charge on any atom is 0.257 e. The van der Waals surface area contributed by atoms with Crippen LogP contribution in [0.1, 0.15) is 22.3 Å². The van der Waals surface area contributed by atoms with Crippen LogP contribution in [0, 0.1) is 6.92 Å². The van der Waals surface area contributed by atoms with E-state index in [1.165, 1.54) is 0 Å². The fraction of sp³-hybridized carbons (Fsp3) is 0.353. The zero-order valence-corrected chi connectivity index (χ0v) is 15.0. The molecule has 1 fully saturated rings. The molecule has 1 amide bonds. The molecule has 3 rings (SSSR count). The highest BCUT2D eigenvalue weighted by Crippen LogP contribution is 2.21. The first kappa shape index (κ1) is 17.3. The Balaban J connectivity index is 1.68. The molecule has 2 aromatic rings. The van der Waals surface area contributed by atoms with E-state index in [1.807, 2.05) is 24.0 Å². The van der Waals surface area contributed by atoms with Gasteiger partial charge in [0.15, 0.2) is 21.5 Å². The molecule has 132 valence electrons. The maximum atomic E-state index is 12.3. The Hall–Kier alpha value is -2.48. The van der Waals surface area contributed by atoms with E-state index in [-0.39, 0.29) is 23.5 Å². The molecule has 0 spiro atoms. The number of nitrogens with zero attached hydrogens (tertiary/aromatic N) is 3. The summed E-state index contributed by atoms with van der Waals surface area (Å²) < 4.78 is 23.2. The number of aromatic nitrogens is 2. The van der Waals surface area contributed by atoms with Crippen LogP contribution in [0.2, 0.25) is 0 Å². The Labute approximate surface area is 147 Å². The molecule has 0 radical (unpaired) electrons. The molecule has 1 N–H and O–H groups in total. The molecule has 1 aliphatic heterocycles. The smallest absolute Gasteiger partial charge is 0.257 e. The van der Waals surface area contributed by atoms with Gasteiger partial charge in [-0.05, 0) is 37.1 Å². The fourth-order valence-electron chi connectivity index (χ4n) is 2.86. The molecule has 1 saturated heterocycles. The van der Waals surface area contributed by atoms with Crippen LogP contribution in [0.3, 0.4) is 0 Å². The van der Waals surface area contributed by atoms with Gasteiger partial charge >= 0.3 is 0 Å². The van der Waals surface area contributed by atoms with Crippen LogP contribution < -0.4 is 10.2 Å². The molecule has 1 aliphatic rings. The van der Waals surface area contributed by atoms with Gasteiger partial charge in [0.1, 0.15) is 0 Å². The lowest BCUT2D eigenvalue weighted by atomic mass is 10.1. The van der Waals surface area contributed by atoms with Crippen molar-refractivity contribution in [2.24, 2.45) is 0 Å². The predicted octanol–water partition coefficient (Wildman–Crippen LogP) is 1.66. The third-order valence-electron chi connectivity index (χ3n) is 4.40. The average Bonchev–Trinajstić information content (AvgIpc) is 2.95. The Morgan fingerprint density at radius 3 is 2.56 bits per heavy atom. The van der Waals surface area contributed by atoms with Crippen molar-refractivity contribution >= 4 is 27.4 Å². The summed E-state index contributed by atoms with van der Waals surface area (Å²) in [6, 6.07) is 10.6. The normalized spacial score (nSPS) is 18.7. The highest BCUT2D eigenvalue weighted by Gasteiger charge is 2.31. The van der Waals surface area contributed by atoms with Gasteiger partial charge < -0.3 is 10.2 Å². The number of nitrogens with one attached hydrogen (secondary N) is 1. The van der Waals surface area contributed by atoms with Crippen LogP contribution in [0.15, 0.2) is 36.4 Å². The van der Waals surface area contributed by atoms with Gasteiger partial charge in [-0.3, -0.25) is 4.79 Å². The van der Waals surface area contributed by atoms with E-state index in [9.17, 15) is 13.2 Å². The first-order valence-electron chi connectivity index (χ1n) is 8.00. The van der Waals surface area contributed by atoms with Gasteiger partial charge in [-0.25, -0.2) is 8.42 Å². The number of amides is 1. The van der Waals surface area contributed by atoms with Crippen LogP contribution in [-0.2, 0) is 9.84 Å². The van der Waals surface area contributed by atoms with Crippen molar-refractivity contribution in [3.63, 3.8) is 0 Å². The van der Waals surface area contributed by atoms with E-state index in [0.29, 0.717) is 23.6 Å². The lowest BCUT2D eigenvalue weighted by Gasteiger charge is -2.23. The lowest BCUT2D eigenvalue weighted by molar-refractivity contribution is 0.102. The molecule has 0 bridgehead atoms. The SMILES string of the molecule is Cc1ccccc1C(=O)Nc1ccc(N(C)C2CCS(=O)(=O)C2)nn1. The van der Waals surface area contributed by atoms with Gasteiger partial charge in [0.2, 0.25) is 0 Å². The fourth-order valence-corrected chi connectivity index (χ4v) is 4.63. The Morgan fingerprint density at radius 2 is 1.96 bits per heavy atom. The molecule has 0 saturated carbocycles. The number of sulfone groups is 1. The average molecular weight is 360 g/mol. The van der Waals surface area contributed by atoms with Gasteiger partial charge in [0, 0.05) is 18.7 Å². The highest BCUT2D eigenvalue weighted by molar-refractivity contribution is 7.91. The third kappa shape index (κ3) is 3.96. The minimum atomic E-state index is -2.95. The van der Waals surface area contributed by atoms with Crippen LogP contribution in [0.25, 0.3) is 0 Å². The second-order valence-corrected chi connectivity index (χ2v) is 8.44. The predicted molar refractivity (Wildman–Crippen MR) is 96.6 cm³/mol. The first-order valence-corrected chi connectivity index (χ1v) is 9.82. The van der Waals surface area contributed by atoms with Crippen molar-refractivity contribution in [1.29, 1.82) is 0 Å². The number of aryl methyl sites for hydroxylation is 1. The zero-order valence-electron chi connectivity index (χ0n) is 14.1. The quantitative estimate of drug-likeness (QED) is 0.891. The van der Waals surface area contributed by atoms with E-state index in [2.05, 4.69) is 15.5 Å². The second-order valence-electron chi connectivity index (χ2n) is 6.21. The number of carbonyl (C=O) groups is 1. The van der Waals surface area contributed by atoms with E-state index < -0.39 is 9.84 Å². The molecule has 1 unspecified atom stereocenters. The molecule has 7 nitrogen and oxygen atoms in total. The molecule has 1 atom stereocenters. The summed E-state index contributed by atoms with van der Waals surface area (Å²) in [5, 5.41) is 10.9. The molecule has 1 aromatic carbocycles. The molecule has 2 heterocycles. The molecular weight excluding hydrogens is 340 g/mol. The summed E-state index contributed by atoms with van der Waals surface area (Å²) in [6.07, 6.45) is 0.590. The Morgan fingerprint density at radius 1 is 1.20 bits per heavy atom. The highest BCUT2D eigenvalue weighted by atomic mass is 32.2. The number of rotatable bonds is 4. The molecule has 8 heteroatoms. The monoisotopic (exact) mass is 360 g/mol. The van der Waals surface area contributed by atoms with Crippen molar-refractivity contribution in [1.82, 2.24) is 10.2 Å². The van der Waals surface area contributed by atoms with Gasteiger partial charge in [-0.1, -0.05) is 18.2 Å². The Kier molecular flexibility index (Phi) is 4.71. The van der Waals surface area contributed by atoms with E-state index in [4.69, 9.17) is 0 Å². The van der Waals surface area contributed by atoms with Crippen molar-refractivity contribution in [2.45, 2.75) is 19.4 Å². The summed E-state index contributed by atoms with van der Waals surface area (Å²) in [6.45, 7) is 1.87. The summed E-state index contributed by atoms with van der Waals surface area (Å²) >= 11 is 0. The van der Waals surface area contributed by atoms with Crippen molar-refractivity contribution in [2.75, 3.05) is 28.8 Å². The summed E-state index contributed by atoms with van der Waals surface area (Å²) in [4.78, 5) is 14.1. The van der Waals surface area contributed by atoms with Gasteiger partial charge in [0.05, 0.1) is 11.5 Å². The van der Waals surface area contributed by atoms with Crippen LogP contribution in [0.4, 0.5) is 11.6 Å². The molecule has 1 aromatic heterocycles. The maximum absolute atomic E-state index is 12.3. The minimum Gasteiger partial charge on any atom is -0.354 e. The van der Waals surface area contributed by atoms with Crippen molar-refractivity contribution in [3.8, 4) is 0 Å². The molecule has 0 aliphatic carbocycles. The topological polar surface area (TPSA) is 92.3 Å². The summed E-state index contributed by atoms with van der Waals surface area (Å²) in [5.74, 6) is 1.03. The molecule has 25 heavy (non-hydrogen) atoms. The number of hydrogen-bond acceptors (Lipinski definition) is 6. The Bertz CT molecular complexity index is 881. The van der Waals surface area contributed by atoms with Crippen LogP contribution in [-0.4, -0.2) is 49.1 Å². The van der Waals surface area contributed by atoms with Gasteiger partial charge in [-0.15, -0.1) is 10.2 Å². The van der Waals surface area contributed by atoms with Gasteiger partial charge in [-0.2, -0.15) is 0 Å². The number of carbonyl (C=O) groups excluding carboxylic acids is 1. The van der Waals surface area contributed by atoms with Crippen molar-refractivity contribution < 1.29 is 13.2 Å². The summed E-state index contributed by atoms with van der Waals surface area (Å²) in [7, 11) is -1.15. The van der Waals surface area contributed by atoms with Crippen LogP contribution >= 0.6 is 0 Å². The van der Waals surface area contributed by atoms with E-state index in [0.717, 1.165) is 5.56 Å². The number of benzene rings is 1. The second kappa shape index (κ2) is 6.79. The van der Waals surface area contributed by atoms with Crippen molar-refractivity contribution in [3.05, 3.63) is 47.5 Å². The molecular formula is C17H20N4O3S. The van der Waals surface area contributed by atoms with E-state index >= 15 is 0 Å². The largest absolute Gasteiger partial charge is 0.354 e. The van der Waals surface area contributed by atoms with Crippen LogP contribution in [0.5, 0.6) is 0 Å². The standard InChI is InChI=1S/C17H20N4O3S/c1-12-5-3-4-6-14(12)17(22)18-15-7-8-16(20-19-15)21(2)13-9-10-25(23,24)11-13/h3-8,13H,9-11H2,1-2H3,(H,18,19,22). The van der Waals surface area contributed by atoms with E-state index in [1.54, 1.807) is 31.3 Å². The summed E-state index contributed by atoms with van der Waals surface area (Å²) in [5.41, 5.74) is 1.47.